The second-order valence-corrected chi connectivity index (χ2v) is 4.27. The molecule has 94 valence electrons. The summed E-state index contributed by atoms with van der Waals surface area (Å²) in [6, 6.07) is 6.73. The summed E-state index contributed by atoms with van der Waals surface area (Å²) in [6.45, 7) is 5.16. The Morgan fingerprint density at radius 3 is 2.72 bits per heavy atom. The first-order valence-corrected chi connectivity index (χ1v) is 5.89. The Labute approximate surface area is 106 Å². The molecule has 1 N–H and O–H groups in total. The molecular weight excluding hydrogens is 229 g/mol. The zero-order valence-electron chi connectivity index (χ0n) is 10.6. The fourth-order valence-electron chi connectivity index (χ4n) is 1.79. The third kappa shape index (κ3) is 3.34. The number of aromatic nitrogens is 2. The number of nitrogens with one attached hydrogen (secondary N) is 1. The van der Waals surface area contributed by atoms with E-state index >= 15 is 0 Å². The van der Waals surface area contributed by atoms with Crippen LogP contribution in [0, 0.1) is 19.7 Å². The summed E-state index contributed by atoms with van der Waals surface area (Å²) in [5.74, 6) is 0.579. The van der Waals surface area contributed by atoms with Crippen LogP contribution in [0.5, 0.6) is 0 Å². The summed E-state index contributed by atoms with van der Waals surface area (Å²) in [4.78, 5) is 8.36. The number of halogens is 1. The molecule has 0 unspecified atom stereocenters. The quantitative estimate of drug-likeness (QED) is 0.899. The van der Waals surface area contributed by atoms with E-state index in [9.17, 15) is 4.39 Å². The minimum Gasteiger partial charge on any atom is -0.307 e. The molecule has 0 bridgehead atoms. The van der Waals surface area contributed by atoms with Gasteiger partial charge in [-0.15, -0.1) is 0 Å². The van der Waals surface area contributed by atoms with Gasteiger partial charge in [-0.2, -0.15) is 0 Å². The SMILES string of the molecule is Cc1nccc(CNCc2ccc(F)cc2C)n1. The third-order valence-electron chi connectivity index (χ3n) is 2.76. The number of hydrogen-bond donors (Lipinski definition) is 1. The first-order valence-electron chi connectivity index (χ1n) is 5.89. The van der Waals surface area contributed by atoms with Crippen LogP contribution in [0.4, 0.5) is 4.39 Å². The molecule has 1 heterocycles. The van der Waals surface area contributed by atoms with Crippen molar-refractivity contribution in [3.05, 3.63) is 58.9 Å². The van der Waals surface area contributed by atoms with Crippen molar-refractivity contribution in [2.75, 3.05) is 0 Å². The van der Waals surface area contributed by atoms with Crippen LogP contribution in [-0.2, 0) is 13.1 Å². The molecule has 0 fully saturated rings. The Kier molecular flexibility index (Phi) is 3.99. The molecule has 3 nitrogen and oxygen atoms in total. The molecule has 0 aliphatic carbocycles. The molecule has 2 aromatic rings. The summed E-state index contributed by atoms with van der Waals surface area (Å²) < 4.78 is 12.9. The highest BCUT2D eigenvalue weighted by Crippen LogP contribution is 2.09. The second kappa shape index (κ2) is 5.69. The van der Waals surface area contributed by atoms with E-state index in [0.717, 1.165) is 22.6 Å². The molecule has 0 radical (unpaired) electrons. The fraction of sp³-hybridized carbons (Fsp3) is 0.286. The molecule has 1 aromatic carbocycles. The van der Waals surface area contributed by atoms with Gasteiger partial charge in [0.15, 0.2) is 0 Å². The van der Waals surface area contributed by atoms with Gasteiger partial charge in [-0.1, -0.05) is 6.07 Å². The van der Waals surface area contributed by atoms with E-state index in [4.69, 9.17) is 0 Å². The van der Waals surface area contributed by atoms with E-state index in [1.54, 1.807) is 12.3 Å². The van der Waals surface area contributed by atoms with Crippen molar-refractivity contribution < 1.29 is 4.39 Å². The standard InChI is InChI=1S/C14H16FN3/c1-10-7-13(15)4-3-12(10)8-16-9-14-5-6-17-11(2)18-14/h3-7,16H,8-9H2,1-2H3. The maximum Gasteiger partial charge on any atom is 0.125 e. The molecule has 18 heavy (non-hydrogen) atoms. The van der Waals surface area contributed by atoms with Crippen LogP contribution >= 0.6 is 0 Å². The maximum atomic E-state index is 12.9. The summed E-state index contributed by atoms with van der Waals surface area (Å²) in [5.41, 5.74) is 3.02. The van der Waals surface area contributed by atoms with Crippen molar-refractivity contribution in [2.24, 2.45) is 0 Å². The van der Waals surface area contributed by atoms with Crippen molar-refractivity contribution >= 4 is 0 Å². The number of nitrogens with zero attached hydrogens (tertiary/aromatic N) is 2. The molecule has 0 saturated heterocycles. The Morgan fingerprint density at radius 1 is 1.17 bits per heavy atom. The second-order valence-electron chi connectivity index (χ2n) is 4.27. The Hall–Kier alpha value is -1.81. The molecule has 0 aliphatic heterocycles. The van der Waals surface area contributed by atoms with Crippen molar-refractivity contribution in [3.63, 3.8) is 0 Å². The number of rotatable bonds is 4. The van der Waals surface area contributed by atoms with Crippen molar-refractivity contribution in [1.29, 1.82) is 0 Å². The van der Waals surface area contributed by atoms with Crippen LogP contribution in [0.25, 0.3) is 0 Å². The smallest absolute Gasteiger partial charge is 0.125 e. The minimum atomic E-state index is -0.192. The van der Waals surface area contributed by atoms with Crippen molar-refractivity contribution in [1.82, 2.24) is 15.3 Å². The monoisotopic (exact) mass is 245 g/mol. The Balaban J connectivity index is 1.92. The van der Waals surface area contributed by atoms with Gasteiger partial charge in [0.2, 0.25) is 0 Å². The molecule has 2 rings (SSSR count). The molecule has 0 saturated carbocycles. The average Bonchev–Trinajstić information content (AvgIpc) is 2.32. The first kappa shape index (κ1) is 12.6. The lowest BCUT2D eigenvalue weighted by molar-refractivity contribution is 0.622. The van der Waals surface area contributed by atoms with E-state index in [2.05, 4.69) is 15.3 Å². The lowest BCUT2D eigenvalue weighted by atomic mass is 10.1. The van der Waals surface area contributed by atoms with Gasteiger partial charge in [0.05, 0.1) is 5.69 Å². The van der Waals surface area contributed by atoms with Crippen LogP contribution in [0.3, 0.4) is 0 Å². The molecular formula is C14H16FN3. The predicted octanol–water partition coefficient (Wildman–Crippen LogP) is 2.52. The number of hydrogen-bond acceptors (Lipinski definition) is 3. The van der Waals surface area contributed by atoms with Crippen LogP contribution in [0.1, 0.15) is 22.6 Å². The van der Waals surface area contributed by atoms with Crippen molar-refractivity contribution in [3.8, 4) is 0 Å². The number of benzene rings is 1. The zero-order chi connectivity index (χ0) is 13.0. The largest absolute Gasteiger partial charge is 0.307 e. The summed E-state index contributed by atoms with van der Waals surface area (Å²) in [5, 5.41) is 3.29. The molecule has 1 aromatic heterocycles. The van der Waals surface area contributed by atoms with Gasteiger partial charge in [0.1, 0.15) is 11.6 Å². The summed E-state index contributed by atoms with van der Waals surface area (Å²) >= 11 is 0. The lowest BCUT2D eigenvalue weighted by Crippen LogP contribution is -2.15. The third-order valence-corrected chi connectivity index (χ3v) is 2.76. The molecule has 0 atom stereocenters. The van der Waals surface area contributed by atoms with Gasteiger partial charge in [-0.25, -0.2) is 14.4 Å². The lowest BCUT2D eigenvalue weighted by Gasteiger charge is -2.07. The highest BCUT2D eigenvalue weighted by atomic mass is 19.1. The van der Waals surface area contributed by atoms with Crippen LogP contribution < -0.4 is 5.32 Å². The van der Waals surface area contributed by atoms with E-state index < -0.39 is 0 Å². The predicted molar refractivity (Wildman–Crippen MR) is 68.4 cm³/mol. The Morgan fingerprint density at radius 2 is 2.00 bits per heavy atom. The van der Waals surface area contributed by atoms with Gasteiger partial charge in [0, 0.05) is 19.3 Å². The molecule has 4 heteroatoms. The van der Waals surface area contributed by atoms with E-state index in [0.29, 0.717) is 13.1 Å². The van der Waals surface area contributed by atoms with Crippen LogP contribution in [-0.4, -0.2) is 9.97 Å². The van der Waals surface area contributed by atoms with Crippen molar-refractivity contribution in [2.45, 2.75) is 26.9 Å². The highest BCUT2D eigenvalue weighted by Gasteiger charge is 2.00. The first-order chi connectivity index (χ1) is 8.65. The average molecular weight is 245 g/mol. The Bertz CT molecular complexity index is 540. The topological polar surface area (TPSA) is 37.8 Å². The zero-order valence-corrected chi connectivity index (χ0v) is 10.6. The van der Waals surface area contributed by atoms with E-state index in [1.165, 1.54) is 6.07 Å². The molecule has 0 spiro atoms. The molecule has 0 amide bonds. The summed E-state index contributed by atoms with van der Waals surface area (Å²) in [6.07, 6.45) is 1.75. The van der Waals surface area contributed by atoms with Gasteiger partial charge in [-0.3, -0.25) is 0 Å². The summed E-state index contributed by atoms with van der Waals surface area (Å²) in [7, 11) is 0. The van der Waals surface area contributed by atoms with E-state index in [1.807, 2.05) is 26.0 Å². The van der Waals surface area contributed by atoms with Gasteiger partial charge < -0.3 is 5.32 Å². The van der Waals surface area contributed by atoms with E-state index in [-0.39, 0.29) is 5.82 Å². The van der Waals surface area contributed by atoms with Gasteiger partial charge in [-0.05, 0) is 43.2 Å². The van der Waals surface area contributed by atoms with Crippen LogP contribution in [0.15, 0.2) is 30.5 Å². The minimum absolute atomic E-state index is 0.192. The van der Waals surface area contributed by atoms with Crippen LogP contribution in [0.2, 0.25) is 0 Å². The normalized spacial score (nSPS) is 10.6. The number of aryl methyl sites for hydroxylation is 2. The van der Waals surface area contributed by atoms with Gasteiger partial charge in [0.25, 0.3) is 0 Å². The fourth-order valence-corrected chi connectivity index (χ4v) is 1.79. The van der Waals surface area contributed by atoms with Gasteiger partial charge >= 0.3 is 0 Å². The molecule has 0 aliphatic rings. The highest BCUT2D eigenvalue weighted by molar-refractivity contribution is 5.26. The maximum absolute atomic E-state index is 12.9.